The van der Waals surface area contributed by atoms with Gasteiger partial charge in [-0.25, -0.2) is 0 Å². The molecule has 0 aliphatic rings. The topological polar surface area (TPSA) is 109 Å². The van der Waals surface area contributed by atoms with Gasteiger partial charge in [-0.15, -0.1) is 0 Å². The van der Waals surface area contributed by atoms with E-state index < -0.39 is 16.0 Å². The Labute approximate surface area is 116 Å². The summed E-state index contributed by atoms with van der Waals surface area (Å²) in [7, 11) is -4.38. The lowest BCUT2D eigenvalue weighted by Crippen LogP contribution is -2.12. The first-order valence-corrected chi connectivity index (χ1v) is 7.05. The molecule has 0 bridgehead atoms. The molecule has 1 amide bonds. The number of nitrogens with two attached hydrogens (primary N) is 1. The van der Waals surface area contributed by atoms with Gasteiger partial charge in [0.15, 0.2) is 0 Å². The van der Waals surface area contributed by atoms with Crippen molar-refractivity contribution in [1.82, 2.24) is 0 Å². The van der Waals surface area contributed by atoms with Crippen LogP contribution in [0.1, 0.15) is 10.4 Å². The highest BCUT2D eigenvalue weighted by molar-refractivity contribution is 7.85. The SMILES string of the molecule is Nc1cc(NC(=O)c2ccccc2)cc(S(=O)(=O)O)c1. The number of carbonyl (C=O) groups is 1. The number of anilines is 2. The second-order valence-electron chi connectivity index (χ2n) is 4.09. The summed E-state index contributed by atoms with van der Waals surface area (Å²) in [6.45, 7) is 0. The number of rotatable bonds is 3. The molecule has 6 nitrogen and oxygen atoms in total. The molecule has 0 fully saturated rings. The van der Waals surface area contributed by atoms with E-state index >= 15 is 0 Å². The fraction of sp³-hybridized carbons (Fsp3) is 0. The van der Waals surface area contributed by atoms with Gasteiger partial charge in [-0.1, -0.05) is 18.2 Å². The number of amides is 1. The van der Waals surface area contributed by atoms with Gasteiger partial charge < -0.3 is 11.1 Å². The van der Waals surface area contributed by atoms with Crippen molar-refractivity contribution in [3.05, 3.63) is 54.1 Å². The minimum Gasteiger partial charge on any atom is -0.399 e. The largest absolute Gasteiger partial charge is 0.399 e. The molecule has 2 aromatic carbocycles. The van der Waals surface area contributed by atoms with E-state index in [4.69, 9.17) is 10.3 Å². The molecule has 0 spiro atoms. The second kappa shape index (κ2) is 5.32. The van der Waals surface area contributed by atoms with Crippen LogP contribution < -0.4 is 11.1 Å². The van der Waals surface area contributed by atoms with Gasteiger partial charge in [-0.05, 0) is 30.3 Å². The van der Waals surface area contributed by atoms with Crippen LogP contribution in [0.15, 0.2) is 53.4 Å². The number of hydrogen-bond acceptors (Lipinski definition) is 4. The molecule has 0 aliphatic carbocycles. The van der Waals surface area contributed by atoms with Crippen molar-refractivity contribution in [3.63, 3.8) is 0 Å². The summed E-state index contributed by atoms with van der Waals surface area (Å²) in [4.78, 5) is 11.5. The van der Waals surface area contributed by atoms with Gasteiger partial charge in [0.25, 0.3) is 16.0 Å². The Balaban J connectivity index is 2.31. The van der Waals surface area contributed by atoms with E-state index in [2.05, 4.69) is 5.32 Å². The van der Waals surface area contributed by atoms with Crippen LogP contribution in [-0.2, 0) is 10.1 Å². The summed E-state index contributed by atoms with van der Waals surface area (Å²) < 4.78 is 31.2. The molecule has 0 heterocycles. The molecule has 0 aromatic heterocycles. The zero-order valence-electron chi connectivity index (χ0n) is 10.3. The Kier molecular flexibility index (Phi) is 3.73. The molecular formula is C13H12N2O4S. The van der Waals surface area contributed by atoms with Crippen LogP contribution in [0.2, 0.25) is 0 Å². The minimum atomic E-state index is -4.38. The van der Waals surface area contributed by atoms with Crippen molar-refractivity contribution in [2.24, 2.45) is 0 Å². The van der Waals surface area contributed by atoms with E-state index in [1.54, 1.807) is 30.3 Å². The maximum Gasteiger partial charge on any atom is 0.294 e. The summed E-state index contributed by atoms with van der Waals surface area (Å²) in [6, 6.07) is 12.1. The molecule has 7 heteroatoms. The van der Waals surface area contributed by atoms with Gasteiger partial charge in [0.05, 0.1) is 4.90 Å². The monoisotopic (exact) mass is 292 g/mol. The quantitative estimate of drug-likeness (QED) is 0.590. The molecule has 0 unspecified atom stereocenters. The van der Waals surface area contributed by atoms with Crippen LogP contribution in [0.5, 0.6) is 0 Å². The highest BCUT2D eigenvalue weighted by Crippen LogP contribution is 2.20. The molecule has 0 atom stereocenters. The zero-order chi connectivity index (χ0) is 14.8. The lowest BCUT2D eigenvalue weighted by atomic mass is 10.2. The van der Waals surface area contributed by atoms with Crippen LogP contribution >= 0.6 is 0 Å². The summed E-state index contributed by atoms with van der Waals surface area (Å²) in [5, 5.41) is 2.52. The predicted octanol–water partition coefficient (Wildman–Crippen LogP) is 1.77. The van der Waals surface area contributed by atoms with Gasteiger partial charge in [-0.3, -0.25) is 9.35 Å². The van der Waals surface area contributed by atoms with Gasteiger partial charge >= 0.3 is 0 Å². The molecule has 2 aromatic rings. The van der Waals surface area contributed by atoms with Crippen LogP contribution in [-0.4, -0.2) is 18.9 Å². The van der Waals surface area contributed by atoms with E-state index in [9.17, 15) is 13.2 Å². The van der Waals surface area contributed by atoms with Crippen molar-refractivity contribution < 1.29 is 17.8 Å². The van der Waals surface area contributed by atoms with E-state index in [0.717, 1.165) is 12.1 Å². The van der Waals surface area contributed by atoms with Gasteiger partial charge in [-0.2, -0.15) is 8.42 Å². The van der Waals surface area contributed by atoms with Gasteiger partial charge in [0, 0.05) is 16.9 Å². The third-order valence-electron chi connectivity index (χ3n) is 2.52. The molecule has 0 radical (unpaired) electrons. The molecule has 2 rings (SSSR count). The number of nitrogens with one attached hydrogen (secondary N) is 1. The Morgan fingerprint density at radius 2 is 1.75 bits per heavy atom. The molecule has 0 saturated carbocycles. The van der Waals surface area contributed by atoms with Crippen molar-refractivity contribution in [3.8, 4) is 0 Å². The van der Waals surface area contributed by atoms with Gasteiger partial charge in [0.2, 0.25) is 0 Å². The maximum absolute atomic E-state index is 11.9. The normalized spacial score (nSPS) is 11.1. The van der Waals surface area contributed by atoms with Crippen LogP contribution in [0.4, 0.5) is 11.4 Å². The average molecular weight is 292 g/mol. The van der Waals surface area contributed by atoms with Gasteiger partial charge in [0.1, 0.15) is 0 Å². The average Bonchev–Trinajstić information content (AvgIpc) is 2.38. The van der Waals surface area contributed by atoms with E-state index in [1.807, 2.05) is 0 Å². The number of benzene rings is 2. The molecular weight excluding hydrogens is 280 g/mol. The highest BCUT2D eigenvalue weighted by Gasteiger charge is 2.13. The molecule has 104 valence electrons. The number of carbonyl (C=O) groups excluding carboxylic acids is 1. The van der Waals surface area contributed by atoms with Crippen LogP contribution in [0, 0.1) is 0 Å². The summed E-state index contributed by atoms with van der Waals surface area (Å²) >= 11 is 0. The molecule has 0 saturated heterocycles. The molecule has 20 heavy (non-hydrogen) atoms. The van der Waals surface area contributed by atoms with E-state index in [-0.39, 0.29) is 16.3 Å². The third kappa shape index (κ3) is 3.34. The number of hydrogen-bond donors (Lipinski definition) is 3. The standard InChI is InChI=1S/C13H12N2O4S/c14-10-6-11(8-12(7-10)20(17,18)19)15-13(16)9-4-2-1-3-5-9/h1-8H,14H2,(H,15,16)(H,17,18,19). The molecule has 4 N–H and O–H groups in total. The van der Waals surface area contributed by atoms with Crippen LogP contribution in [0.25, 0.3) is 0 Å². The predicted molar refractivity (Wildman–Crippen MR) is 75.1 cm³/mol. The first kappa shape index (κ1) is 14.0. The third-order valence-corrected chi connectivity index (χ3v) is 3.35. The Morgan fingerprint density at radius 1 is 1.10 bits per heavy atom. The highest BCUT2D eigenvalue weighted by atomic mass is 32.2. The van der Waals surface area contributed by atoms with Crippen molar-refractivity contribution in [1.29, 1.82) is 0 Å². The maximum atomic E-state index is 11.9. The van der Waals surface area contributed by atoms with Crippen molar-refractivity contribution in [2.45, 2.75) is 4.90 Å². The Hall–Kier alpha value is -2.38. The fourth-order valence-corrected chi connectivity index (χ4v) is 2.20. The van der Waals surface area contributed by atoms with E-state index in [0.29, 0.717) is 5.56 Å². The van der Waals surface area contributed by atoms with Crippen molar-refractivity contribution in [2.75, 3.05) is 11.1 Å². The first-order valence-electron chi connectivity index (χ1n) is 5.61. The lowest BCUT2D eigenvalue weighted by molar-refractivity contribution is 0.102. The summed E-state index contributed by atoms with van der Waals surface area (Å²) in [5.41, 5.74) is 6.26. The fourth-order valence-electron chi connectivity index (χ4n) is 1.64. The Bertz CT molecular complexity index is 742. The first-order chi connectivity index (χ1) is 9.36. The van der Waals surface area contributed by atoms with E-state index in [1.165, 1.54) is 6.07 Å². The lowest BCUT2D eigenvalue weighted by Gasteiger charge is -2.08. The molecule has 0 aliphatic heterocycles. The Morgan fingerprint density at radius 3 is 2.35 bits per heavy atom. The number of nitrogen functional groups attached to an aromatic ring is 1. The minimum absolute atomic E-state index is 0.114. The van der Waals surface area contributed by atoms with Crippen LogP contribution in [0.3, 0.4) is 0 Å². The summed E-state index contributed by atoms with van der Waals surface area (Å²) in [6.07, 6.45) is 0. The zero-order valence-corrected chi connectivity index (χ0v) is 11.1. The second-order valence-corrected chi connectivity index (χ2v) is 5.51. The summed E-state index contributed by atoms with van der Waals surface area (Å²) in [5.74, 6) is -0.405. The van der Waals surface area contributed by atoms with Crippen molar-refractivity contribution >= 4 is 27.4 Å². The smallest absolute Gasteiger partial charge is 0.294 e.